The van der Waals surface area contributed by atoms with Crippen molar-refractivity contribution in [2.24, 2.45) is 7.05 Å². The molecule has 0 aliphatic rings. The Morgan fingerprint density at radius 3 is 2.58 bits per heavy atom. The highest BCUT2D eigenvalue weighted by molar-refractivity contribution is 6.04. The largest absolute Gasteiger partial charge is 0.441 e. The third-order valence-corrected chi connectivity index (χ3v) is 4.90. The van der Waals surface area contributed by atoms with Gasteiger partial charge >= 0.3 is 6.09 Å². The number of hydrogen-bond acceptors (Lipinski definition) is 9. The Morgan fingerprint density at radius 1 is 1.06 bits per heavy atom. The zero-order valence-corrected chi connectivity index (χ0v) is 19.2. The zero-order valence-electron chi connectivity index (χ0n) is 19.2. The van der Waals surface area contributed by atoms with E-state index in [0.29, 0.717) is 22.6 Å². The lowest BCUT2D eigenvalue weighted by molar-refractivity contribution is 0.102. The second-order valence-electron chi connectivity index (χ2n) is 7.59. The van der Waals surface area contributed by atoms with Gasteiger partial charge in [0.05, 0.1) is 46.8 Å². The topological polar surface area (TPSA) is 150 Å². The standard InChI is InChI=1S/C22H19F2N9O3/c1-11-6-13(8-27-30-11)21(34)28-15-4-5-17(25-10-15)18-20(33(3)32-31-18)29-22(35)36-12(2)16-7-14(23)9-26-19(16)24/h4-10,12H,1-3H3,(H,28,34)(H,29,35)/t12-/m1/s1. The zero-order chi connectivity index (χ0) is 25.8. The highest BCUT2D eigenvalue weighted by Crippen LogP contribution is 2.26. The Morgan fingerprint density at radius 2 is 1.86 bits per heavy atom. The van der Waals surface area contributed by atoms with Crippen LogP contribution in [0, 0.1) is 18.7 Å². The molecular formula is C22H19F2N9O3. The number of ether oxygens (including phenoxy) is 1. The van der Waals surface area contributed by atoms with E-state index in [-0.39, 0.29) is 23.0 Å². The lowest BCUT2D eigenvalue weighted by Gasteiger charge is -2.15. The van der Waals surface area contributed by atoms with E-state index in [1.165, 1.54) is 31.0 Å². The van der Waals surface area contributed by atoms with Crippen LogP contribution >= 0.6 is 0 Å². The van der Waals surface area contributed by atoms with Crippen LogP contribution in [0.2, 0.25) is 0 Å². The van der Waals surface area contributed by atoms with Crippen LogP contribution in [0.5, 0.6) is 0 Å². The molecule has 1 atom stereocenters. The monoisotopic (exact) mass is 495 g/mol. The van der Waals surface area contributed by atoms with Crippen molar-refractivity contribution in [1.29, 1.82) is 0 Å². The molecule has 0 aromatic carbocycles. The van der Waals surface area contributed by atoms with Gasteiger partial charge in [-0.1, -0.05) is 5.21 Å². The molecule has 0 aliphatic heterocycles. The molecule has 4 heterocycles. The van der Waals surface area contributed by atoms with Gasteiger partial charge in [0.2, 0.25) is 5.95 Å². The van der Waals surface area contributed by atoms with Crippen LogP contribution in [-0.4, -0.2) is 47.2 Å². The van der Waals surface area contributed by atoms with Crippen molar-refractivity contribution >= 4 is 23.5 Å². The van der Waals surface area contributed by atoms with Gasteiger partial charge in [-0.2, -0.15) is 14.6 Å². The second kappa shape index (κ2) is 10.2. The number of aryl methyl sites for hydroxylation is 2. The van der Waals surface area contributed by atoms with Gasteiger partial charge in [-0.3, -0.25) is 15.1 Å². The molecule has 4 aromatic heterocycles. The van der Waals surface area contributed by atoms with E-state index < -0.39 is 24.0 Å². The quantitative estimate of drug-likeness (QED) is 0.384. The van der Waals surface area contributed by atoms with E-state index in [4.69, 9.17) is 4.74 Å². The highest BCUT2D eigenvalue weighted by atomic mass is 19.1. The Hall–Kier alpha value is -4.88. The number of hydrogen-bond donors (Lipinski definition) is 2. The summed E-state index contributed by atoms with van der Waals surface area (Å²) < 4.78 is 33.7. The summed E-state index contributed by atoms with van der Waals surface area (Å²) in [6, 6.07) is 5.66. The van der Waals surface area contributed by atoms with Gasteiger partial charge in [-0.05, 0) is 38.1 Å². The molecule has 36 heavy (non-hydrogen) atoms. The van der Waals surface area contributed by atoms with Gasteiger partial charge in [0.15, 0.2) is 11.5 Å². The summed E-state index contributed by atoms with van der Waals surface area (Å²) in [6.07, 6.45) is 1.40. The fourth-order valence-electron chi connectivity index (χ4n) is 3.15. The van der Waals surface area contributed by atoms with Crippen molar-refractivity contribution in [1.82, 2.24) is 35.2 Å². The maximum Gasteiger partial charge on any atom is 0.413 e. The Kier molecular flexibility index (Phi) is 6.85. The maximum atomic E-state index is 13.9. The van der Waals surface area contributed by atoms with Crippen molar-refractivity contribution in [3.63, 3.8) is 0 Å². The number of rotatable bonds is 6. The van der Waals surface area contributed by atoms with E-state index >= 15 is 0 Å². The first-order valence-corrected chi connectivity index (χ1v) is 10.5. The molecule has 0 aliphatic carbocycles. The predicted molar refractivity (Wildman–Crippen MR) is 122 cm³/mol. The number of nitrogens with one attached hydrogen (secondary N) is 2. The smallest absolute Gasteiger partial charge is 0.413 e. The number of amides is 2. The molecule has 184 valence electrons. The SMILES string of the molecule is Cc1cc(C(=O)Nc2ccc(-c3nnn(C)c3NC(=O)O[C@H](C)c3cc(F)cnc3F)nc2)cnn1. The Balaban J connectivity index is 1.46. The van der Waals surface area contributed by atoms with Crippen LogP contribution in [0.25, 0.3) is 11.4 Å². The average molecular weight is 495 g/mol. The van der Waals surface area contributed by atoms with E-state index in [1.807, 2.05) is 0 Å². The lowest BCUT2D eigenvalue weighted by Crippen LogP contribution is -2.19. The molecule has 0 saturated heterocycles. The van der Waals surface area contributed by atoms with Crippen LogP contribution in [0.4, 0.5) is 25.1 Å². The van der Waals surface area contributed by atoms with Crippen LogP contribution in [0.1, 0.15) is 34.6 Å². The number of carbonyl (C=O) groups excluding carboxylic acids is 2. The molecule has 4 rings (SSSR count). The average Bonchev–Trinajstić information content (AvgIpc) is 3.20. The Bertz CT molecular complexity index is 1430. The molecule has 12 nitrogen and oxygen atoms in total. The number of carbonyl (C=O) groups is 2. The first-order chi connectivity index (χ1) is 17.2. The second-order valence-corrected chi connectivity index (χ2v) is 7.59. The van der Waals surface area contributed by atoms with Crippen molar-refractivity contribution < 1.29 is 23.1 Å². The normalized spacial score (nSPS) is 11.6. The molecule has 0 unspecified atom stereocenters. The number of aromatic nitrogens is 7. The highest BCUT2D eigenvalue weighted by Gasteiger charge is 2.21. The van der Waals surface area contributed by atoms with Crippen molar-refractivity contribution in [3.05, 3.63) is 71.4 Å². The first-order valence-electron chi connectivity index (χ1n) is 10.5. The summed E-state index contributed by atoms with van der Waals surface area (Å²) >= 11 is 0. The van der Waals surface area contributed by atoms with Crippen LogP contribution in [0.3, 0.4) is 0 Å². The van der Waals surface area contributed by atoms with E-state index in [9.17, 15) is 18.4 Å². The maximum absolute atomic E-state index is 13.9. The fraction of sp³-hybridized carbons (Fsp3) is 0.182. The summed E-state index contributed by atoms with van der Waals surface area (Å²) in [5, 5.41) is 20.6. The van der Waals surface area contributed by atoms with Gasteiger partial charge in [0.25, 0.3) is 5.91 Å². The molecule has 0 saturated carbocycles. The van der Waals surface area contributed by atoms with Crippen LogP contribution in [-0.2, 0) is 11.8 Å². The van der Waals surface area contributed by atoms with Crippen LogP contribution in [0.15, 0.2) is 42.9 Å². The van der Waals surface area contributed by atoms with E-state index in [2.05, 4.69) is 41.1 Å². The van der Waals surface area contributed by atoms with Gasteiger partial charge in [-0.15, -0.1) is 5.10 Å². The third kappa shape index (κ3) is 5.43. The number of anilines is 2. The third-order valence-electron chi connectivity index (χ3n) is 4.90. The van der Waals surface area contributed by atoms with Gasteiger partial charge in [-0.25, -0.2) is 18.9 Å². The summed E-state index contributed by atoms with van der Waals surface area (Å²) in [6.45, 7) is 3.10. The predicted octanol–water partition coefficient (Wildman–Crippen LogP) is 3.21. The molecule has 0 spiro atoms. The van der Waals surface area contributed by atoms with Crippen molar-refractivity contribution in [2.75, 3.05) is 10.6 Å². The van der Waals surface area contributed by atoms with E-state index in [1.54, 1.807) is 25.1 Å². The summed E-state index contributed by atoms with van der Waals surface area (Å²) in [7, 11) is 1.53. The van der Waals surface area contributed by atoms with Gasteiger partial charge in [0, 0.05) is 7.05 Å². The van der Waals surface area contributed by atoms with Gasteiger partial charge in [0.1, 0.15) is 11.9 Å². The Labute approximate surface area is 202 Å². The number of pyridine rings is 2. The molecule has 0 bridgehead atoms. The first kappa shape index (κ1) is 24.3. The molecule has 14 heteroatoms. The summed E-state index contributed by atoms with van der Waals surface area (Å²) in [5.74, 6) is -1.95. The minimum absolute atomic E-state index is 0.146. The molecule has 2 N–H and O–H groups in total. The van der Waals surface area contributed by atoms with Crippen LogP contribution < -0.4 is 10.6 Å². The minimum Gasteiger partial charge on any atom is -0.441 e. The molecular weight excluding hydrogens is 476 g/mol. The van der Waals surface area contributed by atoms with Gasteiger partial charge < -0.3 is 10.1 Å². The molecule has 0 radical (unpaired) electrons. The van der Waals surface area contributed by atoms with Crippen molar-refractivity contribution in [2.45, 2.75) is 20.0 Å². The number of nitrogens with zero attached hydrogens (tertiary/aromatic N) is 7. The minimum atomic E-state index is -1.13. The molecule has 2 amide bonds. The lowest BCUT2D eigenvalue weighted by atomic mass is 10.2. The summed E-state index contributed by atoms with van der Waals surface area (Å²) in [5.41, 5.74) is 1.69. The fourth-order valence-corrected chi connectivity index (χ4v) is 3.15. The van der Waals surface area contributed by atoms with E-state index in [0.717, 1.165) is 12.3 Å². The number of halogens is 2. The van der Waals surface area contributed by atoms with Crippen molar-refractivity contribution in [3.8, 4) is 11.4 Å². The summed E-state index contributed by atoms with van der Waals surface area (Å²) in [4.78, 5) is 32.4. The molecule has 4 aromatic rings. The molecule has 0 fully saturated rings.